The SMILES string of the molecule is CCc1cccc2cc(O)cc(-c3ncc4c(N5CC6CCC(C5)N6C(=O)OC(C)(C)C)nc(OCC=O)nc4c3F)c12. The maximum absolute atomic E-state index is 16.5. The van der Waals surface area contributed by atoms with Gasteiger partial charge in [-0.3, -0.25) is 14.7 Å². The number of anilines is 1. The van der Waals surface area contributed by atoms with E-state index < -0.39 is 11.4 Å². The second-order valence-corrected chi connectivity index (χ2v) is 12.0. The first-order valence-electron chi connectivity index (χ1n) is 14.5. The van der Waals surface area contributed by atoms with Gasteiger partial charge in [-0.2, -0.15) is 9.97 Å². The number of nitrogens with zero attached hydrogens (tertiary/aromatic N) is 5. The van der Waals surface area contributed by atoms with Crippen molar-refractivity contribution in [2.45, 2.75) is 64.6 Å². The van der Waals surface area contributed by atoms with Gasteiger partial charge >= 0.3 is 12.1 Å². The molecule has 2 aliphatic rings. The lowest BCUT2D eigenvalue weighted by atomic mass is 9.95. The van der Waals surface area contributed by atoms with Gasteiger partial charge < -0.3 is 19.5 Å². The average molecular weight is 588 g/mol. The summed E-state index contributed by atoms with van der Waals surface area (Å²) in [5, 5.41) is 12.5. The summed E-state index contributed by atoms with van der Waals surface area (Å²) >= 11 is 0. The zero-order valence-corrected chi connectivity index (χ0v) is 24.6. The molecular formula is C32H34FN5O5. The number of aryl methyl sites for hydroxylation is 1. The number of halogens is 1. The molecule has 0 radical (unpaired) electrons. The van der Waals surface area contributed by atoms with Gasteiger partial charge in [0.25, 0.3) is 0 Å². The predicted octanol–water partition coefficient (Wildman–Crippen LogP) is 5.42. The third-order valence-corrected chi connectivity index (χ3v) is 7.99. The standard InChI is InChI=1S/C32H34FN5O5/c1-5-18-7-6-8-19-13-22(40)14-23(25(18)19)27-26(33)28-24(15-34-27)29(36-30(35-28)42-12-11-39)37-16-20-9-10-21(17-37)38(20)31(41)43-32(2,3)4/h6-8,11,13-15,20-21,40H,5,9-10,12,16-17H2,1-4H3. The third kappa shape index (κ3) is 5.28. The first-order valence-corrected chi connectivity index (χ1v) is 14.5. The molecule has 2 atom stereocenters. The van der Waals surface area contributed by atoms with Crippen LogP contribution < -0.4 is 9.64 Å². The molecule has 2 aromatic heterocycles. The molecule has 0 spiro atoms. The molecular weight excluding hydrogens is 553 g/mol. The largest absolute Gasteiger partial charge is 0.508 e. The van der Waals surface area contributed by atoms with Crippen LogP contribution >= 0.6 is 0 Å². The highest BCUT2D eigenvalue weighted by Gasteiger charge is 2.45. The van der Waals surface area contributed by atoms with Crippen LogP contribution in [0.5, 0.6) is 11.8 Å². The molecule has 6 rings (SSSR count). The number of phenols is 1. The molecule has 4 heterocycles. The van der Waals surface area contributed by atoms with Crippen molar-refractivity contribution < 1.29 is 28.6 Å². The Morgan fingerprint density at radius 2 is 1.91 bits per heavy atom. The van der Waals surface area contributed by atoms with Crippen LogP contribution in [0.2, 0.25) is 0 Å². The van der Waals surface area contributed by atoms with Crippen molar-refractivity contribution >= 4 is 39.9 Å². The van der Waals surface area contributed by atoms with Gasteiger partial charge in [-0.05, 0) is 68.5 Å². The number of carbonyl (C=O) groups excluding carboxylic acids is 2. The van der Waals surface area contributed by atoms with E-state index in [1.54, 1.807) is 12.3 Å². The smallest absolute Gasteiger partial charge is 0.410 e. The van der Waals surface area contributed by atoms with Crippen LogP contribution in [0.15, 0.2) is 36.5 Å². The second-order valence-electron chi connectivity index (χ2n) is 12.0. The quantitative estimate of drug-likeness (QED) is 0.295. The summed E-state index contributed by atoms with van der Waals surface area (Å²) in [4.78, 5) is 41.4. The maximum atomic E-state index is 16.5. The highest BCUT2D eigenvalue weighted by atomic mass is 19.1. The Kier molecular flexibility index (Phi) is 7.27. The molecule has 2 bridgehead atoms. The van der Waals surface area contributed by atoms with Crippen molar-refractivity contribution in [2.24, 2.45) is 0 Å². The van der Waals surface area contributed by atoms with Gasteiger partial charge in [0.1, 0.15) is 35.0 Å². The summed E-state index contributed by atoms with van der Waals surface area (Å²) < 4.78 is 27.7. The number of phenolic OH excluding ortho intramolecular Hbond substituents is 1. The Hall–Kier alpha value is -4.54. The highest BCUT2D eigenvalue weighted by Crippen LogP contribution is 2.40. The number of pyridine rings is 1. The Morgan fingerprint density at radius 1 is 1.16 bits per heavy atom. The number of aromatic nitrogens is 3. The van der Waals surface area contributed by atoms with E-state index in [0.29, 0.717) is 42.6 Å². The zero-order valence-electron chi connectivity index (χ0n) is 24.6. The molecule has 1 N–H and O–H groups in total. The van der Waals surface area contributed by atoms with Crippen LogP contribution in [0.3, 0.4) is 0 Å². The fourth-order valence-corrected chi connectivity index (χ4v) is 6.28. The summed E-state index contributed by atoms with van der Waals surface area (Å²) in [6.45, 7) is 8.16. The molecule has 0 saturated carbocycles. The van der Waals surface area contributed by atoms with Gasteiger partial charge in [0.2, 0.25) is 0 Å². The van der Waals surface area contributed by atoms with E-state index >= 15 is 4.39 Å². The summed E-state index contributed by atoms with van der Waals surface area (Å²) in [5.74, 6) is -0.279. The van der Waals surface area contributed by atoms with E-state index in [1.165, 1.54) is 6.07 Å². The molecule has 43 heavy (non-hydrogen) atoms. The summed E-state index contributed by atoms with van der Waals surface area (Å²) in [5.41, 5.74) is 0.858. The van der Waals surface area contributed by atoms with Crippen molar-refractivity contribution in [1.82, 2.24) is 19.9 Å². The molecule has 1 amide bonds. The minimum Gasteiger partial charge on any atom is -0.508 e. The average Bonchev–Trinajstić information content (AvgIpc) is 3.24. The highest BCUT2D eigenvalue weighted by molar-refractivity contribution is 6.01. The summed E-state index contributed by atoms with van der Waals surface area (Å²) in [6, 6.07) is 8.54. The maximum Gasteiger partial charge on any atom is 0.410 e. The Labute approximate surface area is 248 Å². The van der Waals surface area contributed by atoms with Gasteiger partial charge in [0, 0.05) is 24.8 Å². The normalized spacial score (nSPS) is 18.3. The molecule has 2 aliphatic heterocycles. The van der Waals surface area contributed by atoms with Crippen LogP contribution in [0.1, 0.15) is 46.1 Å². The molecule has 2 saturated heterocycles. The molecule has 2 fully saturated rings. The second kappa shape index (κ2) is 10.9. The number of carbonyl (C=O) groups is 2. The van der Waals surface area contributed by atoms with E-state index in [1.807, 2.05) is 55.7 Å². The predicted molar refractivity (Wildman–Crippen MR) is 160 cm³/mol. The summed E-state index contributed by atoms with van der Waals surface area (Å²) in [6.07, 6.45) is 4.09. The van der Waals surface area contributed by atoms with Crippen molar-refractivity contribution in [3.05, 3.63) is 47.9 Å². The van der Waals surface area contributed by atoms with Gasteiger partial charge in [-0.25, -0.2) is 9.18 Å². The number of hydrogen-bond donors (Lipinski definition) is 1. The van der Waals surface area contributed by atoms with E-state index in [2.05, 4.69) is 15.0 Å². The lowest BCUT2D eigenvalue weighted by molar-refractivity contribution is -0.109. The van der Waals surface area contributed by atoms with E-state index in [4.69, 9.17) is 9.47 Å². The first kappa shape index (κ1) is 28.6. The minimum atomic E-state index is -0.690. The van der Waals surface area contributed by atoms with Crippen molar-refractivity contribution in [1.29, 1.82) is 0 Å². The number of aromatic hydroxyl groups is 1. The number of amides is 1. The number of piperazine rings is 1. The number of ether oxygens (including phenoxy) is 2. The molecule has 2 aromatic carbocycles. The lowest BCUT2D eigenvalue weighted by Crippen LogP contribution is -2.57. The minimum absolute atomic E-state index is 0.00577. The number of hydrogen-bond acceptors (Lipinski definition) is 9. The van der Waals surface area contributed by atoms with Gasteiger partial charge in [-0.1, -0.05) is 25.1 Å². The van der Waals surface area contributed by atoms with Gasteiger partial charge in [-0.15, -0.1) is 0 Å². The Bertz CT molecular complexity index is 1730. The van der Waals surface area contributed by atoms with Gasteiger partial charge in [0.15, 0.2) is 12.1 Å². The molecule has 10 nitrogen and oxygen atoms in total. The number of aldehydes is 1. The molecule has 4 aromatic rings. The number of rotatable bonds is 6. The summed E-state index contributed by atoms with van der Waals surface area (Å²) in [7, 11) is 0. The van der Waals surface area contributed by atoms with E-state index in [0.717, 1.165) is 29.2 Å². The molecule has 2 unspecified atom stereocenters. The van der Waals surface area contributed by atoms with E-state index in [9.17, 15) is 14.7 Å². The molecule has 0 aliphatic carbocycles. The monoisotopic (exact) mass is 587 g/mol. The van der Waals surface area contributed by atoms with Gasteiger partial charge in [0.05, 0.1) is 17.5 Å². The van der Waals surface area contributed by atoms with E-state index in [-0.39, 0.29) is 47.8 Å². The van der Waals surface area contributed by atoms with Crippen LogP contribution in [0, 0.1) is 5.82 Å². The Balaban J connectivity index is 1.45. The number of benzene rings is 2. The molecule has 11 heteroatoms. The number of fused-ring (bicyclic) bond motifs is 4. The fourth-order valence-electron chi connectivity index (χ4n) is 6.28. The van der Waals surface area contributed by atoms with Crippen LogP contribution in [-0.4, -0.2) is 74.7 Å². The lowest BCUT2D eigenvalue weighted by Gasteiger charge is -2.42. The Morgan fingerprint density at radius 3 is 2.58 bits per heavy atom. The molecule has 224 valence electrons. The van der Waals surface area contributed by atoms with Crippen LogP contribution in [-0.2, 0) is 16.0 Å². The van der Waals surface area contributed by atoms with Crippen molar-refractivity contribution in [3.8, 4) is 23.0 Å². The topological polar surface area (TPSA) is 118 Å². The zero-order chi connectivity index (χ0) is 30.5. The van der Waals surface area contributed by atoms with Crippen LogP contribution in [0.25, 0.3) is 32.9 Å². The van der Waals surface area contributed by atoms with Crippen molar-refractivity contribution in [2.75, 3.05) is 24.6 Å². The van der Waals surface area contributed by atoms with Crippen LogP contribution in [0.4, 0.5) is 15.0 Å². The fraction of sp³-hybridized carbons (Fsp3) is 0.406. The first-order chi connectivity index (χ1) is 20.6. The van der Waals surface area contributed by atoms with Crippen molar-refractivity contribution in [3.63, 3.8) is 0 Å². The third-order valence-electron chi connectivity index (χ3n) is 7.99.